The first-order chi connectivity index (χ1) is 8.14. The summed E-state index contributed by atoms with van der Waals surface area (Å²) in [6.45, 7) is 8.19. The Morgan fingerprint density at radius 1 is 1.28 bits per heavy atom. The van der Waals surface area contributed by atoms with Gasteiger partial charge in [-0.3, -0.25) is 4.79 Å². The van der Waals surface area contributed by atoms with E-state index in [1.54, 1.807) is 11.9 Å². The Labute approximate surface area is 108 Å². The summed E-state index contributed by atoms with van der Waals surface area (Å²) >= 11 is 0. The number of carboxylic acids is 1. The molecule has 0 aromatic heterocycles. The van der Waals surface area contributed by atoms with Gasteiger partial charge in [-0.1, -0.05) is 20.8 Å². The number of ether oxygens (including phenoxy) is 1. The fraction of sp³-hybridized carbons (Fsp3) is 0.846. The summed E-state index contributed by atoms with van der Waals surface area (Å²) in [6, 6.07) is 0.0671. The van der Waals surface area contributed by atoms with E-state index in [0.717, 1.165) is 0 Å². The lowest BCUT2D eigenvalue weighted by atomic mass is 9.87. The standard InChI is InChI=1S/C13H23NO4/c1-8(13(2,3)4)14(5)11(15)9-6-7-10(18-9)12(16)17/h8-10H,6-7H2,1-5H3,(H,16,17)/t8?,9-,10+/m0/s1. The summed E-state index contributed by atoms with van der Waals surface area (Å²) in [5, 5.41) is 8.84. The van der Waals surface area contributed by atoms with Gasteiger partial charge in [-0.25, -0.2) is 4.79 Å². The van der Waals surface area contributed by atoms with E-state index in [1.807, 2.05) is 6.92 Å². The summed E-state index contributed by atoms with van der Waals surface area (Å²) in [4.78, 5) is 24.7. The van der Waals surface area contributed by atoms with Crippen molar-refractivity contribution in [1.82, 2.24) is 4.90 Å². The molecule has 0 spiro atoms. The van der Waals surface area contributed by atoms with E-state index < -0.39 is 18.2 Å². The highest BCUT2D eigenvalue weighted by Crippen LogP contribution is 2.26. The molecule has 0 aromatic carbocycles. The van der Waals surface area contributed by atoms with Crippen LogP contribution in [0, 0.1) is 5.41 Å². The van der Waals surface area contributed by atoms with Crippen LogP contribution < -0.4 is 0 Å². The Balaban J connectivity index is 2.64. The minimum Gasteiger partial charge on any atom is -0.479 e. The molecule has 104 valence electrons. The van der Waals surface area contributed by atoms with E-state index in [-0.39, 0.29) is 17.4 Å². The smallest absolute Gasteiger partial charge is 0.332 e. The quantitative estimate of drug-likeness (QED) is 0.832. The van der Waals surface area contributed by atoms with Crippen molar-refractivity contribution in [3.63, 3.8) is 0 Å². The Bertz CT molecular complexity index is 334. The second-order valence-corrected chi connectivity index (χ2v) is 6.02. The first kappa shape index (κ1) is 15.0. The summed E-state index contributed by atoms with van der Waals surface area (Å²) < 4.78 is 5.28. The average Bonchev–Trinajstić information content (AvgIpc) is 2.74. The Morgan fingerprint density at radius 3 is 2.17 bits per heavy atom. The predicted octanol–water partition coefficient (Wildman–Crippen LogP) is 1.51. The highest BCUT2D eigenvalue weighted by atomic mass is 16.5. The topological polar surface area (TPSA) is 66.8 Å². The van der Waals surface area contributed by atoms with Crippen LogP contribution >= 0.6 is 0 Å². The number of nitrogens with zero attached hydrogens (tertiary/aromatic N) is 1. The van der Waals surface area contributed by atoms with Crippen LogP contribution in [0.4, 0.5) is 0 Å². The molecular formula is C13H23NO4. The normalized spacial score (nSPS) is 25.8. The molecule has 0 aromatic rings. The SMILES string of the molecule is CC(N(C)C(=O)[C@@H]1CC[C@H](C(=O)O)O1)C(C)(C)C. The largest absolute Gasteiger partial charge is 0.479 e. The van der Waals surface area contributed by atoms with Crippen LogP contribution in [0.15, 0.2) is 0 Å². The lowest BCUT2D eigenvalue weighted by Gasteiger charge is -2.36. The van der Waals surface area contributed by atoms with E-state index in [9.17, 15) is 9.59 Å². The third-order valence-corrected chi connectivity index (χ3v) is 3.75. The number of rotatable bonds is 3. The van der Waals surface area contributed by atoms with Crippen molar-refractivity contribution in [3.8, 4) is 0 Å². The van der Waals surface area contributed by atoms with Crippen LogP contribution in [-0.2, 0) is 14.3 Å². The molecule has 5 nitrogen and oxygen atoms in total. The molecule has 1 aliphatic rings. The monoisotopic (exact) mass is 257 g/mol. The van der Waals surface area contributed by atoms with Gasteiger partial charge < -0.3 is 14.7 Å². The fourth-order valence-electron chi connectivity index (χ4n) is 2.00. The minimum atomic E-state index is -0.989. The van der Waals surface area contributed by atoms with Gasteiger partial charge in [-0.15, -0.1) is 0 Å². The molecule has 0 radical (unpaired) electrons. The highest BCUT2D eigenvalue weighted by molar-refractivity contribution is 5.82. The molecule has 5 heteroatoms. The zero-order valence-corrected chi connectivity index (χ0v) is 11.8. The predicted molar refractivity (Wildman–Crippen MR) is 67.2 cm³/mol. The van der Waals surface area contributed by atoms with Gasteiger partial charge in [-0.2, -0.15) is 0 Å². The Morgan fingerprint density at radius 2 is 1.78 bits per heavy atom. The van der Waals surface area contributed by atoms with E-state index in [1.165, 1.54) is 0 Å². The number of carbonyl (C=O) groups is 2. The Kier molecular flexibility index (Phi) is 4.37. The number of aliphatic carboxylic acids is 1. The van der Waals surface area contributed by atoms with E-state index in [4.69, 9.17) is 9.84 Å². The number of hydrogen-bond donors (Lipinski definition) is 1. The van der Waals surface area contributed by atoms with Gasteiger partial charge in [0.15, 0.2) is 6.10 Å². The first-order valence-corrected chi connectivity index (χ1v) is 6.29. The zero-order chi connectivity index (χ0) is 14.1. The minimum absolute atomic E-state index is 0.0186. The van der Waals surface area contributed by atoms with Gasteiger partial charge in [0.25, 0.3) is 5.91 Å². The van der Waals surface area contributed by atoms with Crippen molar-refractivity contribution in [2.45, 2.75) is 58.8 Å². The van der Waals surface area contributed by atoms with Crippen LogP contribution in [0.5, 0.6) is 0 Å². The van der Waals surface area contributed by atoms with Crippen molar-refractivity contribution in [3.05, 3.63) is 0 Å². The number of likely N-dealkylation sites (N-methyl/N-ethyl adjacent to an activating group) is 1. The van der Waals surface area contributed by atoms with Gasteiger partial charge >= 0.3 is 5.97 Å². The van der Waals surface area contributed by atoms with Gasteiger partial charge in [0.2, 0.25) is 0 Å². The molecule has 1 saturated heterocycles. The third-order valence-electron chi connectivity index (χ3n) is 3.75. The maximum Gasteiger partial charge on any atom is 0.332 e. The maximum atomic E-state index is 12.2. The molecule has 0 saturated carbocycles. The highest BCUT2D eigenvalue weighted by Gasteiger charge is 2.38. The van der Waals surface area contributed by atoms with Crippen molar-refractivity contribution in [2.75, 3.05) is 7.05 Å². The van der Waals surface area contributed by atoms with Crippen LogP contribution in [0.1, 0.15) is 40.5 Å². The van der Waals surface area contributed by atoms with Crippen molar-refractivity contribution in [1.29, 1.82) is 0 Å². The van der Waals surface area contributed by atoms with Crippen molar-refractivity contribution >= 4 is 11.9 Å². The average molecular weight is 257 g/mol. The van der Waals surface area contributed by atoms with Crippen molar-refractivity contribution in [2.24, 2.45) is 5.41 Å². The molecule has 0 aliphatic carbocycles. The molecule has 0 bridgehead atoms. The molecule has 1 unspecified atom stereocenters. The second-order valence-electron chi connectivity index (χ2n) is 6.02. The zero-order valence-electron chi connectivity index (χ0n) is 11.8. The summed E-state index contributed by atoms with van der Waals surface area (Å²) in [5.41, 5.74) is -0.0186. The first-order valence-electron chi connectivity index (χ1n) is 6.29. The summed E-state index contributed by atoms with van der Waals surface area (Å²) in [6.07, 6.45) is -0.557. The van der Waals surface area contributed by atoms with Crippen LogP contribution in [-0.4, -0.2) is 47.2 Å². The number of carboxylic acid groups (broad SMARTS) is 1. The van der Waals surface area contributed by atoms with Gasteiger partial charge in [0, 0.05) is 13.1 Å². The van der Waals surface area contributed by atoms with Gasteiger partial charge in [0.1, 0.15) is 6.10 Å². The molecular weight excluding hydrogens is 234 g/mol. The molecule has 1 fully saturated rings. The van der Waals surface area contributed by atoms with Crippen molar-refractivity contribution < 1.29 is 19.4 Å². The van der Waals surface area contributed by atoms with Crippen LogP contribution in [0.2, 0.25) is 0 Å². The molecule has 18 heavy (non-hydrogen) atoms. The third kappa shape index (κ3) is 3.22. The van der Waals surface area contributed by atoms with Gasteiger partial charge in [-0.05, 0) is 25.2 Å². The molecule has 1 rings (SSSR count). The maximum absolute atomic E-state index is 12.2. The lowest BCUT2D eigenvalue weighted by molar-refractivity contribution is -0.155. The summed E-state index contributed by atoms with van der Waals surface area (Å²) in [7, 11) is 1.75. The second kappa shape index (κ2) is 5.26. The number of carbonyl (C=O) groups excluding carboxylic acids is 1. The molecule has 1 amide bonds. The van der Waals surface area contributed by atoms with E-state index in [2.05, 4.69) is 20.8 Å². The molecule has 1 N–H and O–H groups in total. The Hall–Kier alpha value is -1.10. The fourth-order valence-corrected chi connectivity index (χ4v) is 2.00. The van der Waals surface area contributed by atoms with Gasteiger partial charge in [0.05, 0.1) is 0 Å². The van der Waals surface area contributed by atoms with E-state index in [0.29, 0.717) is 12.8 Å². The van der Waals surface area contributed by atoms with Crippen LogP contribution in [0.3, 0.4) is 0 Å². The lowest BCUT2D eigenvalue weighted by Crippen LogP contribution is -2.47. The number of amides is 1. The van der Waals surface area contributed by atoms with E-state index >= 15 is 0 Å². The molecule has 3 atom stereocenters. The van der Waals surface area contributed by atoms with Crippen LogP contribution in [0.25, 0.3) is 0 Å². The molecule has 1 aliphatic heterocycles. The molecule has 1 heterocycles. The summed E-state index contributed by atoms with van der Waals surface area (Å²) in [5.74, 6) is -1.11. The number of hydrogen-bond acceptors (Lipinski definition) is 3.